The Morgan fingerprint density at radius 3 is 2.50 bits per heavy atom. The molecule has 0 saturated heterocycles. The molecule has 0 spiro atoms. The Hall–Kier alpha value is -3.39. The van der Waals surface area contributed by atoms with Gasteiger partial charge in [0.25, 0.3) is 0 Å². The van der Waals surface area contributed by atoms with Gasteiger partial charge in [0.2, 0.25) is 0 Å². The fourth-order valence-electron chi connectivity index (χ4n) is 2.94. The summed E-state index contributed by atoms with van der Waals surface area (Å²) in [4.78, 5) is 16.5. The van der Waals surface area contributed by atoms with Gasteiger partial charge in [0.1, 0.15) is 11.6 Å². The normalized spacial score (nSPS) is 10.9. The summed E-state index contributed by atoms with van der Waals surface area (Å²) in [5, 5.41) is 9.02. The number of pyridine rings is 1. The molecule has 0 radical (unpaired) electrons. The van der Waals surface area contributed by atoms with Gasteiger partial charge in [0.15, 0.2) is 16.8 Å². The van der Waals surface area contributed by atoms with Crippen molar-refractivity contribution in [2.75, 3.05) is 5.75 Å². The van der Waals surface area contributed by atoms with Gasteiger partial charge < -0.3 is 0 Å². The Labute approximate surface area is 175 Å². The number of hydrogen-bond donors (Lipinski definition) is 0. The van der Waals surface area contributed by atoms with Gasteiger partial charge in [-0.3, -0.25) is 14.3 Å². The second-order valence-electron chi connectivity index (χ2n) is 6.45. The van der Waals surface area contributed by atoms with E-state index in [1.165, 1.54) is 0 Å². The quantitative estimate of drug-likeness (QED) is 0.321. The second kappa shape index (κ2) is 8.96. The average molecular weight is 422 g/mol. The van der Waals surface area contributed by atoms with E-state index in [-0.39, 0.29) is 11.3 Å². The van der Waals surface area contributed by atoms with E-state index in [2.05, 4.69) is 15.2 Å². The molecular formula is C22H16F2N4OS. The number of benzene rings is 2. The van der Waals surface area contributed by atoms with Crippen molar-refractivity contribution < 1.29 is 13.6 Å². The maximum atomic E-state index is 13.9. The lowest BCUT2D eigenvalue weighted by Crippen LogP contribution is -2.08. The van der Waals surface area contributed by atoms with Crippen molar-refractivity contribution in [3.63, 3.8) is 0 Å². The molecule has 8 heteroatoms. The molecule has 0 unspecified atom stereocenters. The van der Waals surface area contributed by atoms with Crippen LogP contribution in [0.1, 0.15) is 15.9 Å². The van der Waals surface area contributed by atoms with E-state index >= 15 is 0 Å². The highest BCUT2D eigenvalue weighted by atomic mass is 32.2. The Morgan fingerprint density at radius 2 is 1.73 bits per heavy atom. The lowest BCUT2D eigenvalue weighted by atomic mass is 10.1. The summed E-state index contributed by atoms with van der Waals surface area (Å²) >= 11 is 1.13. The van der Waals surface area contributed by atoms with E-state index in [1.807, 2.05) is 47.0 Å². The van der Waals surface area contributed by atoms with Crippen LogP contribution in [0.15, 0.2) is 78.2 Å². The number of carbonyl (C=O) groups excluding carboxylic acids is 1. The van der Waals surface area contributed by atoms with Crippen LogP contribution in [0.25, 0.3) is 11.4 Å². The van der Waals surface area contributed by atoms with Crippen LogP contribution < -0.4 is 0 Å². The molecule has 0 aliphatic carbocycles. The summed E-state index contributed by atoms with van der Waals surface area (Å²) in [5.41, 5.74) is 1.60. The van der Waals surface area contributed by atoms with Crippen LogP contribution in [0, 0.1) is 11.6 Å². The first-order valence-electron chi connectivity index (χ1n) is 9.10. The molecule has 0 aliphatic rings. The summed E-state index contributed by atoms with van der Waals surface area (Å²) in [6, 6.07) is 16.3. The minimum Gasteiger partial charge on any atom is -0.298 e. The molecule has 0 bridgehead atoms. The molecule has 4 rings (SSSR count). The second-order valence-corrected chi connectivity index (χ2v) is 7.39. The van der Waals surface area contributed by atoms with Crippen molar-refractivity contribution in [3.05, 3.63) is 95.8 Å². The van der Waals surface area contributed by atoms with E-state index in [4.69, 9.17) is 0 Å². The molecule has 0 aliphatic heterocycles. The fourth-order valence-corrected chi connectivity index (χ4v) is 3.76. The number of thioether (sulfide) groups is 1. The number of rotatable bonds is 7. The molecule has 5 nitrogen and oxygen atoms in total. The largest absolute Gasteiger partial charge is 0.298 e. The van der Waals surface area contributed by atoms with E-state index in [0.717, 1.165) is 41.1 Å². The predicted octanol–water partition coefficient (Wildman–Crippen LogP) is 4.64. The molecule has 0 amide bonds. The zero-order chi connectivity index (χ0) is 20.9. The molecule has 0 saturated carbocycles. The van der Waals surface area contributed by atoms with Crippen LogP contribution in [0.4, 0.5) is 8.78 Å². The number of hydrogen-bond acceptors (Lipinski definition) is 5. The summed E-state index contributed by atoms with van der Waals surface area (Å²) in [6.45, 7) is 0.496. The third-order valence-corrected chi connectivity index (χ3v) is 5.37. The molecule has 0 atom stereocenters. The zero-order valence-electron chi connectivity index (χ0n) is 15.7. The smallest absolute Gasteiger partial charge is 0.192 e. The highest BCUT2D eigenvalue weighted by Gasteiger charge is 2.18. The monoisotopic (exact) mass is 422 g/mol. The Balaban J connectivity index is 1.62. The van der Waals surface area contributed by atoms with Crippen molar-refractivity contribution >= 4 is 17.5 Å². The van der Waals surface area contributed by atoms with Gasteiger partial charge in [-0.1, -0.05) is 42.1 Å². The van der Waals surface area contributed by atoms with Crippen LogP contribution in [0.2, 0.25) is 0 Å². The maximum absolute atomic E-state index is 13.9. The van der Waals surface area contributed by atoms with Crippen molar-refractivity contribution in [2.45, 2.75) is 11.7 Å². The van der Waals surface area contributed by atoms with Gasteiger partial charge in [-0.05, 0) is 35.9 Å². The highest BCUT2D eigenvalue weighted by Crippen LogP contribution is 2.26. The molecule has 2 aromatic carbocycles. The standard InChI is InChI=1S/C22H16F2N4OS/c23-17-6-7-19(24)18(12-17)20(29)14-30-22-27-26-21(16-8-10-25-11-9-16)28(22)13-15-4-2-1-3-5-15/h1-12H,13-14H2. The summed E-state index contributed by atoms with van der Waals surface area (Å²) in [7, 11) is 0. The molecule has 30 heavy (non-hydrogen) atoms. The van der Waals surface area contributed by atoms with E-state index < -0.39 is 17.4 Å². The average Bonchev–Trinajstić information content (AvgIpc) is 3.17. The van der Waals surface area contributed by atoms with Crippen LogP contribution in [0.5, 0.6) is 0 Å². The van der Waals surface area contributed by atoms with Gasteiger partial charge >= 0.3 is 0 Å². The summed E-state index contributed by atoms with van der Waals surface area (Å²) in [6.07, 6.45) is 3.33. The third-order valence-electron chi connectivity index (χ3n) is 4.40. The number of carbonyl (C=O) groups is 1. The first-order valence-corrected chi connectivity index (χ1v) is 10.1. The number of ketones is 1. The molecule has 4 aromatic rings. The van der Waals surface area contributed by atoms with E-state index in [0.29, 0.717) is 17.5 Å². The minimum atomic E-state index is -0.745. The number of nitrogens with zero attached hydrogens (tertiary/aromatic N) is 4. The lowest BCUT2D eigenvalue weighted by molar-refractivity contribution is 0.101. The Kier molecular flexibility index (Phi) is 5.94. The lowest BCUT2D eigenvalue weighted by Gasteiger charge is -2.10. The highest BCUT2D eigenvalue weighted by molar-refractivity contribution is 7.99. The first-order chi connectivity index (χ1) is 14.6. The molecule has 0 fully saturated rings. The topological polar surface area (TPSA) is 60.7 Å². The predicted molar refractivity (Wildman–Crippen MR) is 110 cm³/mol. The van der Waals surface area contributed by atoms with E-state index in [9.17, 15) is 13.6 Å². The minimum absolute atomic E-state index is 0.0936. The van der Waals surface area contributed by atoms with Crippen LogP contribution in [-0.2, 0) is 6.54 Å². The summed E-state index contributed by atoms with van der Waals surface area (Å²) in [5.74, 6) is -1.38. The molecular weight excluding hydrogens is 406 g/mol. The van der Waals surface area contributed by atoms with Gasteiger partial charge in [0.05, 0.1) is 17.9 Å². The molecule has 0 N–H and O–H groups in total. The fraction of sp³-hybridized carbons (Fsp3) is 0.0909. The molecule has 2 aromatic heterocycles. The first kappa shape index (κ1) is 19.9. The Morgan fingerprint density at radius 1 is 0.967 bits per heavy atom. The zero-order valence-corrected chi connectivity index (χ0v) is 16.5. The van der Waals surface area contributed by atoms with Gasteiger partial charge in [0, 0.05) is 18.0 Å². The Bertz CT molecular complexity index is 1170. The van der Waals surface area contributed by atoms with Gasteiger partial charge in [-0.25, -0.2) is 8.78 Å². The van der Waals surface area contributed by atoms with Crippen molar-refractivity contribution in [3.8, 4) is 11.4 Å². The molecule has 2 heterocycles. The van der Waals surface area contributed by atoms with Gasteiger partial charge in [-0.2, -0.15) is 0 Å². The maximum Gasteiger partial charge on any atom is 0.192 e. The van der Waals surface area contributed by atoms with Crippen LogP contribution in [-0.4, -0.2) is 31.3 Å². The third kappa shape index (κ3) is 4.44. The van der Waals surface area contributed by atoms with Crippen molar-refractivity contribution in [1.82, 2.24) is 19.7 Å². The SMILES string of the molecule is O=C(CSc1nnc(-c2ccncc2)n1Cc1ccccc1)c1cc(F)ccc1F. The van der Waals surface area contributed by atoms with Gasteiger partial charge in [-0.15, -0.1) is 10.2 Å². The van der Waals surface area contributed by atoms with Crippen LogP contribution >= 0.6 is 11.8 Å². The number of Topliss-reactive ketones (excluding diaryl/α,β-unsaturated/α-hetero) is 1. The number of halogens is 2. The van der Waals surface area contributed by atoms with Crippen LogP contribution in [0.3, 0.4) is 0 Å². The van der Waals surface area contributed by atoms with Crippen molar-refractivity contribution in [1.29, 1.82) is 0 Å². The molecule has 150 valence electrons. The summed E-state index contributed by atoms with van der Waals surface area (Å²) < 4.78 is 29.2. The van der Waals surface area contributed by atoms with Crippen molar-refractivity contribution in [2.24, 2.45) is 0 Å². The van der Waals surface area contributed by atoms with E-state index in [1.54, 1.807) is 12.4 Å². The number of aromatic nitrogens is 4.